The van der Waals surface area contributed by atoms with Gasteiger partial charge in [-0.05, 0) is 63.4 Å². The monoisotopic (exact) mass is 467 g/mol. The van der Waals surface area contributed by atoms with E-state index in [1.165, 1.54) is 30.7 Å². The number of hydrogen-bond acceptors (Lipinski definition) is 6. The molecule has 2 aromatic rings. The summed E-state index contributed by atoms with van der Waals surface area (Å²) < 4.78 is 10.7. The number of benzene rings is 1. The maximum atomic E-state index is 7.43. The highest BCUT2D eigenvalue weighted by molar-refractivity contribution is 7.97. The molecule has 8 nitrogen and oxygen atoms in total. The van der Waals surface area contributed by atoms with Gasteiger partial charge in [-0.25, -0.2) is 14.3 Å². The Bertz CT molecular complexity index is 1030. The molecular weight excluding hydrogens is 434 g/mol. The Morgan fingerprint density at radius 2 is 2.18 bits per heavy atom. The average Bonchev–Trinajstić information content (AvgIpc) is 3.16. The maximum absolute atomic E-state index is 7.43. The van der Waals surface area contributed by atoms with Crippen LogP contribution in [0, 0.1) is 5.41 Å². The van der Waals surface area contributed by atoms with Gasteiger partial charge in [-0.15, -0.1) is 0 Å². The first-order valence-corrected chi connectivity index (χ1v) is 12.7. The molecule has 3 aliphatic rings. The Balaban J connectivity index is 1.40. The van der Waals surface area contributed by atoms with E-state index in [-0.39, 0.29) is 6.04 Å². The van der Waals surface area contributed by atoms with Crippen LogP contribution < -0.4 is 10.1 Å². The molecule has 5 rings (SSSR count). The van der Waals surface area contributed by atoms with E-state index in [9.17, 15) is 0 Å². The lowest BCUT2D eigenvalue weighted by atomic mass is 10.0. The average molecular weight is 468 g/mol. The van der Waals surface area contributed by atoms with E-state index in [4.69, 9.17) is 15.1 Å². The largest absolute Gasteiger partial charge is 0.491 e. The number of aromatic nitrogens is 2. The van der Waals surface area contributed by atoms with Crippen molar-refractivity contribution in [2.24, 2.45) is 4.99 Å². The van der Waals surface area contributed by atoms with Crippen LogP contribution in [0.25, 0.3) is 11.4 Å². The van der Waals surface area contributed by atoms with Crippen LogP contribution in [-0.2, 0) is 6.54 Å². The van der Waals surface area contributed by atoms with Crippen molar-refractivity contribution in [3.63, 3.8) is 0 Å². The van der Waals surface area contributed by atoms with Crippen LogP contribution in [0.2, 0.25) is 0 Å². The summed E-state index contributed by atoms with van der Waals surface area (Å²) in [5.41, 5.74) is 1.76. The lowest BCUT2D eigenvalue weighted by molar-refractivity contribution is 0.0895. The predicted molar refractivity (Wildman–Crippen MR) is 133 cm³/mol. The minimum absolute atomic E-state index is 0.202. The Morgan fingerprint density at radius 3 is 3.03 bits per heavy atom. The quantitative estimate of drug-likeness (QED) is 0.398. The topological polar surface area (TPSA) is 81.8 Å². The Kier molecular flexibility index (Phi) is 6.71. The molecule has 176 valence electrons. The molecule has 0 radical (unpaired) electrons. The van der Waals surface area contributed by atoms with E-state index >= 15 is 0 Å². The van der Waals surface area contributed by atoms with Crippen LogP contribution in [0.1, 0.15) is 38.8 Å². The van der Waals surface area contributed by atoms with Gasteiger partial charge in [0.25, 0.3) is 0 Å². The molecule has 1 aromatic heterocycles. The van der Waals surface area contributed by atoms with E-state index in [0.717, 1.165) is 55.3 Å². The molecule has 1 atom stereocenters. The summed E-state index contributed by atoms with van der Waals surface area (Å²) in [6.45, 7) is 10.1. The van der Waals surface area contributed by atoms with Gasteiger partial charge in [-0.2, -0.15) is 0 Å². The second kappa shape index (κ2) is 9.87. The van der Waals surface area contributed by atoms with E-state index in [2.05, 4.69) is 56.1 Å². The normalized spacial score (nSPS) is 21.5. The van der Waals surface area contributed by atoms with Crippen molar-refractivity contribution >= 4 is 24.1 Å². The SMILES string of the molecule is CC(C)N/C(=N\C=N)c1cn2c(n1)-c1cc(SN3CCN4CCCCC4C3)ccc1OCC2. The zero-order valence-electron chi connectivity index (χ0n) is 19.5. The zero-order chi connectivity index (χ0) is 22.8. The molecule has 2 saturated heterocycles. The summed E-state index contributed by atoms with van der Waals surface area (Å²) in [5, 5.41) is 10.7. The number of rotatable bonds is 5. The second-order valence-corrected chi connectivity index (χ2v) is 10.4. The lowest BCUT2D eigenvalue weighted by Gasteiger charge is -2.43. The number of aliphatic imine (C=N–C) groups is 1. The van der Waals surface area contributed by atoms with Gasteiger partial charge in [0, 0.05) is 42.8 Å². The molecule has 2 fully saturated rings. The molecule has 3 aliphatic heterocycles. The standard InChI is InChI=1S/C24H33N7OS/c1-17(2)27-23(26-16-25)21-15-30-11-12-32-22-7-6-19(13-20(22)24(30)28-21)33-31-10-9-29-8-4-3-5-18(29)14-31/h6-7,13,15-18H,3-5,8-12,14H2,1-2H3,(H2,25,26,27). The van der Waals surface area contributed by atoms with Crippen LogP contribution in [0.5, 0.6) is 5.75 Å². The lowest BCUT2D eigenvalue weighted by Crippen LogP contribution is -2.52. The smallest absolute Gasteiger partial charge is 0.155 e. The van der Waals surface area contributed by atoms with Crippen LogP contribution in [0.3, 0.4) is 0 Å². The van der Waals surface area contributed by atoms with Crippen molar-refractivity contribution in [1.29, 1.82) is 5.41 Å². The van der Waals surface area contributed by atoms with Crippen molar-refractivity contribution in [3.8, 4) is 17.1 Å². The minimum Gasteiger partial charge on any atom is -0.491 e. The van der Waals surface area contributed by atoms with Crippen LogP contribution in [0.15, 0.2) is 34.3 Å². The molecule has 9 heteroatoms. The molecule has 0 spiro atoms. The van der Waals surface area contributed by atoms with Crippen molar-refractivity contribution in [3.05, 3.63) is 30.1 Å². The number of imidazole rings is 1. The molecule has 0 amide bonds. The summed E-state index contributed by atoms with van der Waals surface area (Å²) in [4.78, 5) is 13.0. The fourth-order valence-corrected chi connectivity index (χ4v) is 5.93. The Hall–Kier alpha value is -2.36. The third kappa shape index (κ3) is 4.95. The summed E-state index contributed by atoms with van der Waals surface area (Å²) in [6.07, 6.45) is 7.10. The molecular formula is C24H33N7OS. The summed E-state index contributed by atoms with van der Waals surface area (Å²) in [6, 6.07) is 7.36. The van der Waals surface area contributed by atoms with Crippen molar-refractivity contribution < 1.29 is 4.74 Å². The number of hydrogen-bond donors (Lipinski definition) is 2. The third-order valence-electron chi connectivity index (χ3n) is 6.45. The third-order valence-corrected chi connectivity index (χ3v) is 7.51. The molecule has 33 heavy (non-hydrogen) atoms. The molecule has 1 aromatic carbocycles. The predicted octanol–water partition coefficient (Wildman–Crippen LogP) is 3.47. The van der Waals surface area contributed by atoms with E-state index < -0.39 is 0 Å². The minimum atomic E-state index is 0.202. The van der Waals surface area contributed by atoms with Crippen LogP contribution in [-0.4, -0.2) is 75.8 Å². The Labute approximate surface area is 200 Å². The summed E-state index contributed by atoms with van der Waals surface area (Å²) in [7, 11) is 0. The zero-order valence-corrected chi connectivity index (χ0v) is 20.3. The van der Waals surface area contributed by atoms with E-state index in [0.29, 0.717) is 18.5 Å². The number of piperidine rings is 1. The first kappa shape index (κ1) is 22.4. The fraction of sp³-hybridized carbons (Fsp3) is 0.542. The molecule has 1 unspecified atom stereocenters. The number of amidine groups is 1. The summed E-state index contributed by atoms with van der Waals surface area (Å²) >= 11 is 1.85. The first-order valence-electron chi connectivity index (χ1n) is 12.0. The summed E-state index contributed by atoms with van der Waals surface area (Å²) in [5.74, 6) is 2.38. The van der Waals surface area contributed by atoms with Crippen molar-refractivity contribution in [2.75, 3.05) is 32.8 Å². The molecule has 4 heterocycles. The highest BCUT2D eigenvalue weighted by Gasteiger charge is 2.29. The maximum Gasteiger partial charge on any atom is 0.155 e. The molecule has 0 bridgehead atoms. The van der Waals surface area contributed by atoms with Gasteiger partial charge in [-0.3, -0.25) is 10.3 Å². The van der Waals surface area contributed by atoms with Gasteiger partial charge in [0.05, 0.1) is 12.1 Å². The van der Waals surface area contributed by atoms with Crippen LogP contribution >= 0.6 is 11.9 Å². The number of piperazine rings is 1. The molecule has 0 aliphatic carbocycles. The van der Waals surface area contributed by atoms with Gasteiger partial charge < -0.3 is 14.6 Å². The molecule has 2 N–H and O–H groups in total. The highest BCUT2D eigenvalue weighted by Crippen LogP contribution is 2.37. The second-order valence-electron chi connectivity index (χ2n) is 9.22. The van der Waals surface area contributed by atoms with Crippen molar-refractivity contribution in [1.82, 2.24) is 24.1 Å². The highest BCUT2D eigenvalue weighted by atomic mass is 32.2. The van der Waals surface area contributed by atoms with Gasteiger partial charge in [0.15, 0.2) is 5.84 Å². The van der Waals surface area contributed by atoms with E-state index in [1.807, 2.05) is 18.1 Å². The first-order chi connectivity index (χ1) is 16.1. The van der Waals surface area contributed by atoms with Gasteiger partial charge in [0.2, 0.25) is 0 Å². The van der Waals surface area contributed by atoms with Crippen LogP contribution in [0.4, 0.5) is 0 Å². The Morgan fingerprint density at radius 1 is 1.27 bits per heavy atom. The van der Waals surface area contributed by atoms with Crippen molar-refractivity contribution in [2.45, 2.75) is 56.6 Å². The van der Waals surface area contributed by atoms with Gasteiger partial charge in [0.1, 0.15) is 30.2 Å². The number of fused-ring (bicyclic) bond motifs is 4. The van der Waals surface area contributed by atoms with Gasteiger partial charge in [-0.1, -0.05) is 6.42 Å². The molecule has 0 saturated carbocycles. The number of ether oxygens (including phenoxy) is 1. The fourth-order valence-electron chi connectivity index (χ4n) is 4.91. The number of nitrogens with one attached hydrogen (secondary N) is 2. The van der Waals surface area contributed by atoms with Gasteiger partial charge >= 0.3 is 0 Å². The van der Waals surface area contributed by atoms with E-state index in [1.54, 1.807) is 0 Å². The number of nitrogens with zero attached hydrogens (tertiary/aromatic N) is 5.